The predicted molar refractivity (Wildman–Crippen MR) is 98.0 cm³/mol. The molecule has 0 radical (unpaired) electrons. The minimum absolute atomic E-state index is 0.0907. The van der Waals surface area contributed by atoms with E-state index in [0.717, 1.165) is 24.3 Å². The molecule has 0 saturated heterocycles. The average molecular weight is 326 g/mol. The monoisotopic (exact) mass is 326 g/mol. The van der Waals surface area contributed by atoms with Gasteiger partial charge in [-0.1, -0.05) is 30.3 Å². The van der Waals surface area contributed by atoms with Crippen LogP contribution in [0.15, 0.2) is 54.6 Å². The van der Waals surface area contributed by atoms with E-state index >= 15 is 0 Å². The van der Waals surface area contributed by atoms with E-state index in [-0.39, 0.29) is 11.3 Å². The van der Waals surface area contributed by atoms with E-state index in [2.05, 4.69) is 9.80 Å². The zero-order valence-corrected chi connectivity index (χ0v) is 14.4. The van der Waals surface area contributed by atoms with E-state index in [1.807, 2.05) is 45.4 Å². The third kappa shape index (κ3) is 5.03. The van der Waals surface area contributed by atoms with Crippen molar-refractivity contribution in [3.05, 3.63) is 71.6 Å². The lowest BCUT2D eigenvalue weighted by molar-refractivity contribution is 0.104. The second-order valence-corrected chi connectivity index (χ2v) is 6.00. The van der Waals surface area contributed by atoms with Gasteiger partial charge in [-0.3, -0.25) is 4.79 Å². The van der Waals surface area contributed by atoms with Gasteiger partial charge in [0.2, 0.25) is 0 Å². The molecule has 0 amide bonds. The van der Waals surface area contributed by atoms with E-state index in [1.165, 1.54) is 18.2 Å². The van der Waals surface area contributed by atoms with Gasteiger partial charge in [-0.2, -0.15) is 0 Å². The van der Waals surface area contributed by atoms with Crippen LogP contribution in [-0.2, 0) is 0 Å². The van der Waals surface area contributed by atoms with Gasteiger partial charge >= 0.3 is 0 Å². The van der Waals surface area contributed by atoms with Crippen molar-refractivity contribution in [1.29, 1.82) is 0 Å². The van der Waals surface area contributed by atoms with Crippen LogP contribution in [-0.4, -0.2) is 44.9 Å². The molecule has 2 aromatic rings. The molecule has 0 aliphatic carbocycles. The summed E-state index contributed by atoms with van der Waals surface area (Å²) in [5, 5.41) is 0. The first kappa shape index (κ1) is 17.9. The summed E-state index contributed by atoms with van der Waals surface area (Å²) in [4.78, 5) is 16.4. The molecule has 0 aromatic heterocycles. The highest BCUT2D eigenvalue weighted by atomic mass is 19.1. The van der Waals surface area contributed by atoms with Gasteiger partial charge in [-0.25, -0.2) is 4.39 Å². The molecule has 0 atom stereocenters. The maximum absolute atomic E-state index is 13.6. The Morgan fingerprint density at radius 3 is 2.50 bits per heavy atom. The standard InChI is InChI=1S/C20H23FN2O/c1-22(2)13-14-23(3)17-8-6-7-16(15-17)11-12-20(24)18-9-4-5-10-19(18)21/h4-12,15H,13-14H2,1-3H3. The van der Waals surface area contributed by atoms with Crippen molar-refractivity contribution in [2.75, 3.05) is 39.1 Å². The molecule has 0 heterocycles. The summed E-state index contributed by atoms with van der Waals surface area (Å²) >= 11 is 0. The zero-order valence-electron chi connectivity index (χ0n) is 14.4. The Bertz CT molecular complexity index is 725. The lowest BCUT2D eigenvalue weighted by Gasteiger charge is -2.21. The van der Waals surface area contributed by atoms with Gasteiger partial charge in [0, 0.05) is 25.8 Å². The largest absolute Gasteiger partial charge is 0.373 e. The molecular weight excluding hydrogens is 303 g/mol. The van der Waals surface area contributed by atoms with Gasteiger partial charge in [-0.15, -0.1) is 0 Å². The third-order valence-corrected chi connectivity index (χ3v) is 3.76. The van der Waals surface area contributed by atoms with Crippen molar-refractivity contribution in [3.8, 4) is 0 Å². The Kier molecular flexibility index (Phi) is 6.27. The Balaban J connectivity index is 2.09. The van der Waals surface area contributed by atoms with Crippen LogP contribution in [0.2, 0.25) is 0 Å². The van der Waals surface area contributed by atoms with Gasteiger partial charge < -0.3 is 9.80 Å². The highest BCUT2D eigenvalue weighted by Crippen LogP contribution is 2.16. The summed E-state index contributed by atoms with van der Waals surface area (Å²) in [7, 11) is 6.12. The molecule has 0 bridgehead atoms. The average Bonchev–Trinajstić information content (AvgIpc) is 2.58. The molecule has 3 nitrogen and oxygen atoms in total. The first-order valence-electron chi connectivity index (χ1n) is 7.90. The summed E-state index contributed by atoms with van der Waals surface area (Å²) in [5.41, 5.74) is 2.08. The van der Waals surface area contributed by atoms with E-state index in [0.29, 0.717) is 0 Å². The maximum Gasteiger partial charge on any atom is 0.188 e. The fourth-order valence-electron chi connectivity index (χ4n) is 2.27. The number of ketones is 1. The summed E-state index contributed by atoms with van der Waals surface area (Å²) in [6.45, 7) is 1.87. The van der Waals surface area contributed by atoms with Crippen molar-refractivity contribution in [3.63, 3.8) is 0 Å². The third-order valence-electron chi connectivity index (χ3n) is 3.76. The molecule has 0 saturated carbocycles. The van der Waals surface area contributed by atoms with Crippen LogP contribution in [0, 0.1) is 5.82 Å². The van der Waals surface area contributed by atoms with E-state index in [9.17, 15) is 9.18 Å². The van der Waals surface area contributed by atoms with Crippen molar-refractivity contribution in [2.45, 2.75) is 0 Å². The number of rotatable bonds is 7. The predicted octanol–water partition coefficient (Wildman–Crippen LogP) is 3.72. The quantitative estimate of drug-likeness (QED) is 0.572. The Morgan fingerprint density at radius 1 is 1.04 bits per heavy atom. The lowest BCUT2D eigenvalue weighted by atomic mass is 10.1. The minimum Gasteiger partial charge on any atom is -0.373 e. The van der Waals surface area contributed by atoms with Crippen LogP contribution in [0.3, 0.4) is 0 Å². The first-order valence-corrected chi connectivity index (χ1v) is 7.90. The summed E-state index contributed by atoms with van der Waals surface area (Å²) in [5.74, 6) is -0.830. The van der Waals surface area contributed by atoms with Crippen LogP contribution in [0.5, 0.6) is 0 Å². The number of carbonyl (C=O) groups excluding carboxylic acids is 1. The number of halogens is 1. The van der Waals surface area contributed by atoms with Crippen molar-refractivity contribution in [2.24, 2.45) is 0 Å². The Labute approximate surface area is 143 Å². The van der Waals surface area contributed by atoms with Gasteiger partial charge in [0.25, 0.3) is 0 Å². The lowest BCUT2D eigenvalue weighted by Crippen LogP contribution is -2.28. The van der Waals surface area contributed by atoms with Crippen molar-refractivity contribution < 1.29 is 9.18 Å². The highest BCUT2D eigenvalue weighted by molar-refractivity contribution is 6.07. The van der Waals surface area contributed by atoms with Crippen LogP contribution in [0.4, 0.5) is 10.1 Å². The number of nitrogens with zero attached hydrogens (tertiary/aromatic N) is 2. The number of benzene rings is 2. The highest BCUT2D eigenvalue weighted by Gasteiger charge is 2.07. The van der Waals surface area contributed by atoms with E-state index in [4.69, 9.17) is 0 Å². The van der Waals surface area contributed by atoms with Gasteiger partial charge in [0.1, 0.15) is 5.82 Å². The summed E-state index contributed by atoms with van der Waals surface area (Å²) < 4.78 is 13.6. The molecule has 0 aliphatic rings. The zero-order chi connectivity index (χ0) is 17.5. The normalized spacial score (nSPS) is 11.2. The number of hydrogen-bond acceptors (Lipinski definition) is 3. The number of carbonyl (C=O) groups is 1. The minimum atomic E-state index is -0.496. The number of anilines is 1. The molecule has 0 fully saturated rings. The van der Waals surface area contributed by atoms with Crippen LogP contribution >= 0.6 is 0 Å². The van der Waals surface area contributed by atoms with Crippen LogP contribution < -0.4 is 4.90 Å². The number of likely N-dealkylation sites (N-methyl/N-ethyl adjacent to an activating group) is 2. The second-order valence-electron chi connectivity index (χ2n) is 6.00. The number of allylic oxidation sites excluding steroid dienone is 1. The summed E-state index contributed by atoms with van der Waals surface area (Å²) in [6.07, 6.45) is 3.13. The fraction of sp³-hybridized carbons (Fsp3) is 0.250. The second kappa shape index (κ2) is 8.41. The van der Waals surface area contributed by atoms with E-state index in [1.54, 1.807) is 18.2 Å². The molecule has 0 unspecified atom stereocenters. The number of hydrogen-bond donors (Lipinski definition) is 0. The fourth-order valence-corrected chi connectivity index (χ4v) is 2.27. The topological polar surface area (TPSA) is 23.6 Å². The molecule has 4 heteroatoms. The van der Waals surface area contributed by atoms with Gasteiger partial charge in [0.15, 0.2) is 5.78 Å². The van der Waals surface area contributed by atoms with Gasteiger partial charge in [0.05, 0.1) is 5.56 Å². The summed E-state index contributed by atoms with van der Waals surface area (Å²) in [6, 6.07) is 13.9. The molecule has 0 aliphatic heterocycles. The van der Waals surface area contributed by atoms with Gasteiger partial charge in [-0.05, 0) is 50.0 Å². The molecular formula is C20H23FN2O. The van der Waals surface area contributed by atoms with E-state index < -0.39 is 5.82 Å². The van der Waals surface area contributed by atoms with Crippen LogP contribution in [0.1, 0.15) is 15.9 Å². The molecule has 2 rings (SSSR count). The molecule has 0 N–H and O–H groups in total. The molecule has 126 valence electrons. The Morgan fingerprint density at radius 2 is 1.79 bits per heavy atom. The molecule has 0 spiro atoms. The maximum atomic E-state index is 13.6. The molecule has 24 heavy (non-hydrogen) atoms. The smallest absolute Gasteiger partial charge is 0.188 e. The molecule has 2 aromatic carbocycles. The van der Waals surface area contributed by atoms with Crippen LogP contribution in [0.25, 0.3) is 6.08 Å². The Hall–Kier alpha value is -2.46. The SMILES string of the molecule is CN(C)CCN(C)c1cccc(C=CC(=O)c2ccccc2F)c1. The first-order chi connectivity index (χ1) is 11.5. The van der Waals surface area contributed by atoms with Crippen molar-refractivity contribution in [1.82, 2.24) is 4.90 Å². The van der Waals surface area contributed by atoms with Crippen molar-refractivity contribution >= 4 is 17.5 Å².